The molecule has 94 valence electrons. The van der Waals surface area contributed by atoms with Gasteiger partial charge in [0.1, 0.15) is 10.9 Å². The van der Waals surface area contributed by atoms with Gasteiger partial charge in [-0.25, -0.2) is 0 Å². The van der Waals surface area contributed by atoms with Gasteiger partial charge in [-0.3, -0.25) is 14.5 Å². The lowest BCUT2D eigenvalue weighted by Crippen LogP contribution is -2.43. The van der Waals surface area contributed by atoms with Gasteiger partial charge < -0.3 is 5.32 Å². The van der Waals surface area contributed by atoms with Crippen LogP contribution in [0.2, 0.25) is 0 Å². The molecule has 17 heavy (non-hydrogen) atoms. The van der Waals surface area contributed by atoms with E-state index >= 15 is 0 Å². The molecule has 0 spiro atoms. The fourth-order valence-electron chi connectivity index (χ4n) is 2.20. The fourth-order valence-corrected chi connectivity index (χ4v) is 3.60. The van der Waals surface area contributed by atoms with E-state index in [0.717, 1.165) is 12.8 Å². The summed E-state index contributed by atoms with van der Waals surface area (Å²) >= 11 is 6.43. The molecule has 2 rings (SSSR count). The Hall–Kier alpha value is -0.620. The number of rotatable bonds is 3. The van der Waals surface area contributed by atoms with Gasteiger partial charge in [0.2, 0.25) is 11.8 Å². The maximum atomic E-state index is 11.8. The molecule has 6 heteroatoms. The zero-order valence-electron chi connectivity index (χ0n) is 9.77. The molecule has 1 unspecified atom stereocenters. The summed E-state index contributed by atoms with van der Waals surface area (Å²) in [4.78, 5) is 24.9. The summed E-state index contributed by atoms with van der Waals surface area (Å²) in [5, 5.41) is 2.81. The predicted octanol–water partition coefficient (Wildman–Crippen LogP) is 1.29. The van der Waals surface area contributed by atoms with Gasteiger partial charge >= 0.3 is 0 Å². The van der Waals surface area contributed by atoms with Crippen molar-refractivity contribution in [3.05, 3.63) is 0 Å². The fraction of sp³-hybridized carbons (Fsp3) is 0.727. The second-order valence-electron chi connectivity index (χ2n) is 4.50. The average molecular weight is 272 g/mol. The minimum Gasteiger partial charge on any atom is -0.352 e. The maximum Gasteiger partial charge on any atom is 0.241 e. The molecular weight excluding hydrogens is 256 g/mol. The number of amides is 2. The number of hydrogen-bond acceptors (Lipinski definition) is 4. The monoisotopic (exact) mass is 272 g/mol. The highest BCUT2D eigenvalue weighted by Crippen LogP contribution is 2.26. The van der Waals surface area contributed by atoms with Crippen molar-refractivity contribution in [2.24, 2.45) is 0 Å². The third kappa shape index (κ3) is 2.98. The van der Waals surface area contributed by atoms with E-state index in [-0.39, 0.29) is 23.6 Å². The summed E-state index contributed by atoms with van der Waals surface area (Å²) in [7, 11) is 0. The van der Waals surface area contributed by atoms with Crippen LogP contribution in [0.25, 0.3) is 0 Å². The molecule has 0 aromatic rings. The van der Waals surface area contributed by atoms with Crippen molar-refractivity contribution in [1.29, 1.82) is 0 Å². The molecule has 0 aromatic carbocycles. The summed E-state index contributed by atoms with van der Waals surface area (Å²) in [6.45, 7) is 1.89. The molecule has 0 bridgehead atoms. The van der Waals surface area contributed by atoms with Crippen LogP contribution < -0.4 is 5.32 Å². The van der Waals surface area contributed by atoms with E-state index in [1.165, 1.54) is 29.5 Å². The van der Waals surface area contributed by atoms with Crippen LogP contribution in [0.5, 0.6) is 0 Å². The van der Waals surface area contributed by atoms with Gasteiger partial charge in [-0.1, -0.05) is 36.8 Å². The zero-order valence-corrected chi connectivity index (χ0v) is 11.4. The highest BCUT2D eigenvalue weighted by atomic mass is 32.2. The number of carbonyl (C=O) groups is 2. The molecule has 2 fully saturated rings. The molecule has 1 aliphatic heterocycles. The SMILES string of the molecule is CC1SC(=S)N(CC(=O)NC2CCCC2)C1=O. The molecule has 1 heterocycles. The lowest BCUT2D eigenvalue weighted by Gasteiger charge is -2.17. The highest BCUT2D eigenvalue weighted by Gasteiger charge is 2.35. The van der Waals surface area contributed by atoms with Gasteiger partial charge in [0.05, 0.1) is 5.25 Å². The van der Waals surface area contributed by atoms with E-state index in [9.17, 15) is 9.59 Å². The van der Waals surface area contributed by atoms with Crippen LogP contribution in [0.15, 0.2) is 0 Å². The Kier molecular flexibility index (Phi) is 4.04. The van der Waals surface area contributed by atoms with Crippen molar-refractivity contribution in [2.75, 3.05) is 6.54 Å². The normalized spacial score (nSPS) is 25.7. The quantitative estimate of drug-likeness (QED) is 0.787. The van der Waals surface area contributed by atoms with E-state index in [2.05, 4.69) is 5.32 Å². The summed E-state index contributed by atoms with van der Waals surface area (Å²) in [5.41, 5.74) is 0. The van der Waals surface area contributed by atoms with Crippen molar-refractivity contribution >= 4 is 40.1 Å². The Morgan fingerprint density at radius 1 is 1.53 bits per heavy atom. The molecular formula is C11H16N2O2S2. The minimum atomic E-state index is -0.151. The zero-order chi connectivity index (χ0) is 12.4. The van der Waals surface area contributed by atoms with Crippen molar-refractivity contribution in [3.8, 4) is 0 Å². The summed E-state index contributed by atoms with van der Waals surface area (Å²) in [6.07, 6.45) is 4.46. The second-order valence-corrected chi connectivity index (χ2v) is 6.47. The Bertz CT molecular complexity index is 353. The molecule has 1 N–H and O–H groups in total. The Morgan fingerprint density at radius 3 is 2.71 bits per heavy atom. The Labute approximate surface area is 110 Å². The molecule has 0 aromatic heterocycles. The van der Waals surface area contributed by atoms with Crippen LogP contribution in [0.3, 0.4) is 0 Å². The standard InChI is InChI=1S/C11H16N2O2S2/c1-7-10(15)13(11(16)17-7)6-9(14)12-8-4-2-3-5-8/h7-8H,2-6H2,1H3,(H,12,14). The topological polar surface area (TPSA) is 49.4 Å². The van der Waals surface area contributed by atoms with Crippen LogP contribution in [-0.2, 0) is 9.59 Å². The molecule has 2 aliphatic rings. The Balaban J connectivity index is 1.85. The van der Waals surface area contributed by atoms with Crippen LogP contribution in [0.1, 0.15) is 32.6 Å². The molecule has 1 atom stereocenters. The molecule has 2 amide bonds. The number of nitrogens with zero attached hydrogens (tertiary/aromatic N) is 1. The van der Waals surface area contributed by atoms with Crippen molar-refractivity contribution in [1.82, 2.24) is 10.2 Å². The van der Waals surface area contributed by atoms with Crippen LogP contribution in [0, 0.1) is 0 Å². The van der Waals surface area contributed by atoms with Gasteiger partial charge in [-0.05, 0) is 19.8 Å². The van der Waals surface area contributed by atoms with Crippen molar-refractivity contribution in [3.63, 3.8) is 0 Å². The Morgan fingerprint density at radius 2 is 2.18 bits per heavy atom. The van der Waals surface area contributed by atoms with Gasteiger partial charge in [-0.15, -0.1) is 0 Å². The first-order valence-electron chi connectivity index (χ1n) is 5.89. The highest BCUT2D eigenvalue weighted by molar-refractivity contribution is 8.24. The van der Waals surface area contributed by atoms with E-state index in [0.29, 0.717) is 10.4 Å². The molecule has 1 aliphatic carbocycles. The van der Waals surface area contributed by atoms with Gasteiger partial charge in [-0.2, -0.15) is 0 Å². The van der Waals surface area contributed by atoms with E-state index in [4.69, 9.17) is 12.2 Å². The number of thioether (sulfide) groups is 1. The average Bonchev–Trinajstić information content (AvgIpc) is 2.83. The van der Waals surface area contributed by atoms with Crippen molar-refractivity contribution in [2.45, 2.75) is 43.9 Å². The van der Waals surface area contributed by atoms with Crippen molar-refractivity contribution < 1.29 is 9.59 Å². The summed E-state index contributed by atoms with van der Waals surface area (Å²) in [5.74, 6) is -0.149. The minimum absolute atomic E-state index is 0.0541. The lowest BCUT2D eigenvalue weighted by molar-refractivity contribution is -0.131. The van der Waals surface area contributed by atoms with Crippen LogP contribution in [-0.4, -0.2) is 38.9 Å². The summed E-state index contributed by atoms with van der Waals surface area (Å²) in [6, 6.07) is 0.291. The number of carbonyl (C=O) groups excluding carboxylic acids is 2. The second kappa shape index (κ2) is 5.35. The maximum absolute atomic E-state index is 11.8. The number of nitrogens with one attached hydrogen (secondary N) is 1. The van der Waals surface area contributed by atoms with Gasteiger partial charge in [0, 0.05) is 6.04 Å². The molecule has 1 saturated heterocycles. The summed E-state index contributed by atoms with van der Waals surface area (Å²) < 4.78 is 0.518. The molecule has 4 nitrogen and oxygen atoms in total. The first kappa shape index (κ1) is 12.8. The lowest BCUT2D eigenvalue weighted by atomic mass is 10.2. The smallest absolute Gasteiger partial charge is 0.241 e. The van der Waals surface area contributed by atoms with Crippen LogP contribution in [0.4, 0.5) is 0 Å². The van der Waals surface area contributed by atoms with E-state index < -0.39 is 0 Å². The number of thiocarbonyl (C=S) groups is 1. The first-order chi connectivity index (χ1) is 8.08. The van der Waals surface area contributed by atoms with Gasteiger partial charge in [0.25, 0.3) is 0 Å². The van der Waals surface area contributed by atoms with Crippen LogP contribution >= 0.6 is 24.0 Å². The largest absolute Gasteiger partial charge is 0.352 e. The number of hydrogen-bond donors (Lipinski definition) is 1. The third-order valence-corrected chi connectivity index (χ3v) is 4.62. The van der Waals surface area contributed by atoms with E-state index in [1.807, 2.05) is 6.92 Å². The van der Waals surface area contributed by atoms with Gasteiger partial charge in [0.15, 0.2) is 0 Å². The molecule has 0 radical (unpaired) electrons. The van der Waals surface area contributed by atoms with E-state index in [1.54, 1.807) is 0 Å². The first-order valence-corrected chi connectivity index (χ1v) is 7.18. The predicted molar refractivity (Wildman–Crippen MR) is 71.8 cm³/mol. The molecule has 1 saturated carbocycles. The third-order valence-electron chi connectivity index (χ3n) is 3.13.